The van der Waals surface area contributed by atoms with E-state index in [1.165, 1.54) is 54.2 Å². The predicted molar refractivity (Wildman–Crippen MR) is 249 cm³/mol. The number of anilines is 2. The molecular formula is C54H42N4+2. The molecule has 4 nitrogen and oxygen atoms in total. The van der Waals surface area contributed by atoms with Crippen molar-refractivity contribution >= 4 is 90.4 Å². The SMILES string of the molecule is Nc1ccc([N+]2=C/C=C(/C=C/c3c4ccccc4cc4ccccc34)\C=C\[N+](c3ccc(N)cc3)=C\C=C(/C=C/c3c4ccccc4cc4ccccc34)\C=C/2)cc1. The summed E-state index contributed by atoms with van der Waals surface area (Å²) in [6.07, 6.45) is 25.8. The molecule has 0 unspecified atom stereocenters. The molecule has 8 aromatic rings. The lowest BCUT2D eigenvalue weighted by molar-refractivity contribution is -0.354. The number of benzene rings is 8. The summed E-state index contributed by atoms with van der Waals surface area (Å²) in [6, 6.07) is 54.8. The van der Waals surface area contributed by atoms with E-state index in [9.17, 15) is 0 Å². The Hall–Kier alpha value is -7.82. The van der Waals surface area contributed by atoms with Gasteiger partial charge in [0.1, 0.15) is 0 Å². The van der Waals surface area contributed by atoms with Gasteiger partial charge in [-0.3, -0.25) is 0 Å². The smallest absolute Gasteiger partial charge is 0.210 e. The average Bonchev–Trinajstić information content (AvgIpc) is 3.25. The van der Waals surface area contributed by atoms with E-state index in [1.54, 1.807) is 0 Å². The molecule has 0 amide bonds. The maximum absolute atomic E-state index is 6.15. The Balaban J connectivity index is 1.20. The molecule has 1 heterocycles. The summed E-state index contributed by atoms with van der Waals surface area (Å²) in [5.41, 5.74) is 20.1. The first-order chi connectivity index (χ1) is 28.6. The molecule has 276 valence electrons. The largest absolute Gasteiger partial charge is 0.399 e. The van der Waals surface area contributed by atoms with E-state index in [1.807, 2.05) is 48.5 Å². The summed E-state index contributed by atoms with van der Waals surface area (Å²) in [5.74, 6) is 0. The highest BCUT2D eigenvalue weighted by atomic mass is 15.0. The Morgan fingerprint density at radius 2 is 0.690 bits per heavy atom. The topological polar surface area (TPSA) is 58.1 Å². The van der Waals surface area contributed by atoms with Crippen LogP contribution in [-0.4, -0.2) is 21.6 Å². The van der Waals surface area contributed by atoms with Crippen molar-refractivity contribution < 1.29 is 9.15 Å². The first-order valence-electron chi connectivity index (χ1n) is 19.5. The van der Waals surface area contributed by atoms with Crippen molar-refractivity contribution in [1.29, 1.82) is 0 Å². The number of hydrogen-bond acceptors (Lipinski definition) is 2. The van der Waals surface area contributed by atoms with Crippen LogP contribution in [0.15, 0.2) is 218 Å². The lowest BCUT2D eigenvalue weighted by atomic mass is 9.96. The van der Waals surface area contributed by atoms with E-state index in [-0.39, 0.29) is 0 Å². The molecule has 4 N–H and O–H groups in total. The molecule has 1 aliphatic rings. The van der Waals surface area contributed by atoms with Gasteiger partial charge in [-0.25, -0.2) is 0 Å². The molecule has 0 bridgehead atoms. The number of nitrogens with two attached hydrogens (primary N) is 2. The first-order valence-corrected chi connectivity index (χ1v) is 19.5. The number of allylic oxidation sites excluding steroid dienone is 8. The summed E-state index contributed by atoms with van der Waals surface area (Å²) in [7, 11) is 0. The van der Waals surface area contributed by atoms with Gasteiger partial charge in [0.2, 0.25) is 11.4 Å². The van der Waals surface area contributed by atoms with Crippen molar-refractivity contribution in [2.24, 2.45) is 0 Å². The Bertz CT molecular complexity index is 2780. The van der Waals surface area contributed by atoms with Gasteiger partial charge in [-0.2, -0.15) is 9.15 Å². The molecule has 58 heavy (non-hydrogen) atoms. The van der Waals surface area contributed by atoms with Crippen LogP contribution in [0.2, 0.25) is 0 Å². The number of fused-ring (bicyclic) bond motifs is 4. The highest BCUT2D eigenvalue weighted by Crippen LogP contribution is 2.32. The summed E-state index contributed by atoms with van der Waals surface area (Å²) < 4.78 is 4.26. The maximum Gasteiger partial charge on any atom is 0.210 e. The minimum Gasteiger partial charge on any atom is -0.399 e. The molecule has 4 heteroatoms. The van der Waals surface area contributed by atoms with Crippen LogP contribution in [0.3, 0.4) is 0 Å². The fraction of sp³-hybridized carbons (Fsp3) is 0. The molecule has 9 rings (SSSR count). The van der Waals surface area contributed by atoms with Crippen molar-refractivity contribution in [3.63, 3.8) is 0 Å². The standard InChI is InChI=1S/C54H42N4/c55-45-19-23-47(24-20-45)57-33-29-39(17-27-53-49-13-5-1-9-41(49)37-42-10-2-6-14-50(42)53)30-34-58(48-25-21-46(56)22-26-48)36-32-40(31-35-57)18-28-54-51-15-7-3-11-43(51)38-44-12-4-8-16-52(44)54/h1-38H,55-56H2/q+2/b27-17+,28-18+,33-29-,34-30?,35-31?,36-32+,39-29?,39-30+,40-31-,40-32?,57-33?,57-35-,58-34-,58-36?. The highest BCUT2D eigenvalue weighted by Gasteiger charge is 2.11. The molecule has 0 radical (unpaired) electrons. The van der Waals surface area contributed by atoms with Gasteiger partial charge in [-0.1, -0.05) is 121 Å². The van der Waals surface area contributed by atoms with Gasteiger partial charge >= 0.3 is 0 Å². The van der Waals surface area contributed by atoms with Gasteiger partial charge in [0.15, 0.2) is 24.8 Å². The van der Waals surface area contributed by atoms with Crippen molar-refractivity contribution in [3.05, 3.63) is 229 Å². The van der Waals surface area contributed by atoms with Crippen LogP contribution in [0.5, 0.6) is 0 Å². The number of hydrogen-bond donors (Lipinski definition) is 2. The van der Waals surface area contributed by atoms with Gasteiger partial charge in [0.05, 0.1) is 0 Å². The van der Waals surface area contributed by atoms with Crippen LogP contribution in [-0.2, 0) is 0 Å². The lowest BCUT2D eigenvalue weighted by Crippen LogP contribution is -2.01. The molecule has 8 aromatic carbocycles. The molecule has 0 aromatic heterocycles. The van der Waals surface area contributed by atoms with Crippen molar-refractivity contribution in [1.82, 2.24) is 0 Å². The Labute approximate surface area is 338 Å². The van der Waals surface area contributed by atoms with E-state index >= 15 is 0 Å². The van der Waals surface area contributed by atoms with Crippen molar-refractivity contribution in [2.45, 2.75) is 0 Å². The van der Waals surface area contributed by atoms with Gasteiger partial charge < -0.3 is 11.5 Å². The fourth-order valence-corrected chi connectivity index (χ4v) is 7.55. The fourth-order valence-electron chi connectivity index (χ4n) is 7.55. The first kappa shape index (κ1) is 35.9. The number of nitrogen functional groups attached to an aromatic ring is 2. The van der Waals surface area contributed by atoms with Gasteiger partial charge in [0, 0.05) is 59.9 Å². The molecule has 0 saturated carbocycles. The third-order valence-corrected chi connectivity index (χ3v) is 10.6. The van der Waals surface area contributed by atoms with E-state index in [0.29, 0.717) is 0 Å². The second kappa shape index (κ2) is 16.1. The normalized spacial score (nSPS) is 18.5. The monoisotopic (exact) mass is 746 g/mol. The second-order valence-corrected chi connectivity index (χ2v) is 14.4. The highest BCUT2D eigenvalue weighted by molar-refractivity contribution is 6.08. The summed E-state index contributed by atoms with van der Waals surface area (Å²) >= 11 is 0. The Morgan fingerprint density at radius 1 is 0.362 bits per heavy atom. The third-order valence-electron chi connectivity index (χ3n) is 10.6. The molecule has 0 atom stereocenters. The molecule has 0 aliphatic carbocycles. The summed E-state index contributed by atoms with van der Waals surface area (Å²) in [4.78, 5) is 0. The quantitative estimate of drug-likeness (QED) is 0.101. The van der Waals surface area contributed by atoms with Gasteiger partial charge in [-0.05, 0) is 102 Å². The molecule has 0 fully saturated rings. The van der Waals surface area contributed by atoms with Crippen LogP contribution in [0.25, 0.3) is 55.2 Å². The van der Waals surface area contributed by atoms with E-state index < -0.39 is 0 Å². The minimum atomic E-state index is 0.717. The number of rotatable bonds is 6. The zero-order chi connectivity index (χ0) is 39.3. The van der Waals surface area contributed by atoms with Crippen LogP contribution in [0.4, 0.5) is 22.7 Å². The molecule has 1 aliphatic heterocycles. The van der Waals surface area contributed by atoms with Gasteiger partial charge in [0.25, 0.3) is 0 Å². The lowest BCUT2D eigenvalue weighted by Gasteiger charge is -2.08. The summed E-state index contributed by atoms with van der Waals surface area (Å²) in [5, 5.41) is 9.70. The minimum absolute atomic E-state index is 0.717. The van der Waals surface area contributed by atoms with E-state index in [2.05, 4.69) is 192 Å². The molecule has 0 spiro atoms. The molecule has 0 saturated heterocycles. The second-order valence-electron chi connectivity index (χ2n) is 14.4. The zero-order valence-corrected chi connectivity index (χ0v) is 32.0. The molecular weight excluding hydrogens is 705 g/mol. The Kier molecular flexibility index (Phi) is 9.96. The summed E-state index contributed by atoms with van der Waals surface area (Å²) in [6.45, 7) is 0. The van der Waals surface area contributed by atoms with E-state index in [4.69, 9.17) is 11.5 Å². The predicted octanol–water partition coefficient (Wildman–Crippen LogP) is 12.9. The van der Waals surface area contributed by atoms with Crippen LogP contribution in [0.1, 0.15) is 11.1 Å². The third kappa shape index (κ3) is 7.68. The van der Waals surface area contributed by atoms with Gasteiger partial charge in [-0.15, -0.1) is 0 Å². The Morgan fingerprint density at radius 3 is 1.03 bits per heavy atom. The maximum atomic E-state index is 6.15. The van der Waals surface area contributed by atoms with Crippen LogP contribution >= 0.6 is 0 Å². The van der Waals surface area contributed by atoms with Crippen LogP contribution in [0, 0.1) is 0 Å². The van der Waals surface area contributed by atoms with Crippen LogP contribution < -0.4 is 11.5 Å². The average molecular weight is 747 g/mol. The van der Waals surface area contributed by atoms with Crippen molar-refractivity contribution in [3.8, 4) is 0 Å². The zero-order valence-electron chi connectivity index (χ0n) is 32.0. The van der Waals surface area contributed by atoms with E-state index in [0.717, 1.165) is 33.9 Å². The number of nitrogens with zero attached hydrogens (tertiary/aromatic N) is 2. The van der Waals surface area contributed by atoms with Crippen molar-refractivity contribution in [2.75, 3.05) is 11.5 Å².